The molecule has 0 spiro atoms. The first kappa shape index (κ1) is 16.1. The Labute approximate surface area is 135 Å². The summed E-state index contributed by atoms with van der Waals surface area (Å²) in [6, 6.07) is 14.7. The minimum Gasteiger partial charge on any atom is -0.489 e. The average Bonchev–Trinajstić information content (AvgIpc) is 2.47. The van der Waals surface area contributed by atoms with Crippen LogP contribution >= 0.6 is 15.9 Å². The van der Waals surface area contributed by atoms with Crippen LogP contribution in [-0.2, 0) is 13.2 Å². The van der Waals surface area contributed by atoms with Gasteiger partial charge in [-0.15, -0.1) is 0 Å². The van der Waals surface area contributed by atoms with Crippen molar-refractivity contribution in [3.63, 3.8) is 0 Å². The standard InChI is InChI=1S/C18H22BrNO/c1-13(2)15-5-4-6-17(10-15)21-12-16-8-7-14(11-20-3)9-18(16)19/h4-10,13,20H,11-12H2,1-3H3. The van der Waals surface area contributed by atoms with Crippen molar-refractivity contribution in [1.29, 1.82) is 0 Å². The fraction of sp³-hybridized carbons (Fsp3) is 0.333. The number of hydrogen-bond donors (Lipinski definition) is 1. The molecule has 0 unspecified atom stereocenters. The SMILES string of the molecule is CNCc1ccc(COc2cccc(C(C)C)c2)c(Br)c1. The predicted octanol–water partition coefficient (Wildman–Crippen LogP) is 4.87. The summed E-state index contributed by atoms with van der Waals surface area (Å²) in [5.41, 5.74) is 3.72. The van der Waals surface area contributed by atoms with Gasteiger partial charge in [-0.1, -0.05) is 54.0 Å². The monoisotopic (exact) mass is 347 g/mol. The molecular formula is C18H22BrNO. The van der Waals surface area contributed by atoms with E-state index in [1.807, 2.05) is 13.1 Å². The predicted molar refractivity (Wildman–Crippen MR) is 91.8 cm³/mol. The third-order valence-electron chi connectivity index (χ3n) is 3.42. The van der Waals surface area contributed by atoms with E-state index in [1.165, 1.54) is 11.1 Å². The minimum absolute atomic E-state index is 0.515. The Bertz CT molecular complexity index is 596. The summed E-state index contributed by atoms with van der Waals surface area (Å²) < 4.78 is 7.01. The molecule has 1 N–H and O–H groups in total. The molecule has 2 aromatic carbocycles. The lowest BCUT2D eigenvalue weighted by Crippen LogP contribution is -2.05. The van der Waals surface area contributed by atoms with Gasteiger partial charge in [-0.05, 0) is 42.3 Å². The molecule has 0 aromatic heterocycles. The number of nitrogens with one attached hydrogen (secondary N) is 1. The largest absolute Gasteiger partial charge is 0.489 e. The topological polar surface area (TPSA) is 21.3 Å². The van der Waals surface area contributed by atoms with Crippen LogP contribution in [0.2, 0.25) is 0 Å². The first-order valence-corrected chi connectivity index (χ1v) is 8.04. The molecule has 112 valence electrons. The van der Waals surface area contributed by atoms with Crippen molar-refractivity contribution in [2.24, 2.45) is 0 Å². The van der Waals surface area contributed by atoms with E-state index in [0.29, 0.717) is 12.5 Å². The third-order valence-corrected chi connectivity index (χ3v) is 4.16. The summed E-state index contributed by atoms with van der Waals surface area (Å²) in [4.78, 5) is 0. The molecule has 0 fully saturated rings. The van der Waals surface area contributed by atoms with Crippen molar-refractivity contribution in [2.45, 2.75) is 32.9 Å². The average molecular weight is 348 g/mol. The molecule has 0 amide bonds. The van der Waals surface area contributed by atoms with Gasteiger partial charge in [0.05, 0.1) is 0 Å². The van der Waals surface area contributed by atoms with Crippen molar-refractivity contribution >= 4 is 15.9 Å². The zero-order valence-electron chi connectivity index (χ0n) is 12.8. The number of rotatable bonds is 6. The zero-order chi connectivity index (χ0) is 15.2. The van der Waals surface area contributed by atoms with E-state index < -0.39 is 0 Å². The molecule has 2 aromatic rings. The van der Waals surface area contributed by atoms with E-state index in [2.05, 4.69) is 71.5 Å². The van der Waals surface area contributed by atoms with Crippen molar-refractivity contribution in [3.8, 4) is 5.75 Å². The fourth-order valence-electron chi connectivity index (χ4n) is 2.15. The van der Waals surface area contributed by atoms with Crippen LogP contribution in [-0.4, -0.2) is 7.05 Å². The summed E-state index contributed by atoms with van der Waals surface area (Å²) in [6.45, 7) is 5.82. The molecule has 3 heteroatoms. The van der Waals surface area contributed by atoms with Gasteiger partial charge in [0.25, 0.3) is 0 Å². The van der Waals surface area contributed by atoms with E-state index in [9.17, 15) is 0 Å². The van der Waals surface area contributed by atoms with E-state index in [1.54, 1.807) is 0 Å². The summed E-state index contributed by atoms with van der Waals surface area (Å²) >= 11 is 3.62. The molecule has 0 aliphatic carbocycles. The summed E-state index contributed by atoms with van der Waals surface area (Å²) in [7, 11) is 1.95. The van der Waals surface area contributed by atoms with Crippen molar-refractivity contribution in [3.05, 3.63) is 63.6 Å². The second kappa shape index (κ2) is 7.62. The van der Waals surface area contributed by atoms with Gasteiger partial charge in [-0.3, -0.25) is 0 Å². The van der Waals surface area contributed by atoms with Gasteiger partial charge in [-0.25, -0.2) is 0 Å². The maximum atomic E-state index is 5.92. The van der Waals surface area contributed by atoms with Gasteiger partial charge in [-0.2, -0.15) is 0 Å². The molecular weight excluding hydrogens is 326 g/mol. The number of ether oxygens (including phenoxy) is 1. The highest BCUT2D eigenvalue weighted by Crippen LogP contribution is 2.23. The van der Waals surface area contributed by atoms with Crippen LogP contribution in [0.15, 0.2) is 46.9 Å². The van der Waals surface area contributed by atoms with Crippen LogP contribution < -0.4 is 10.1 Å². The second-order valence-corrected chi connectivity index (χ2v) is 6.33. The molecule has 2 nitrogen and oxygen atoms in total. The molecule has 0 bridgehead atoms. The van der Waals surface area contributed by atoms with Crippen molar-refractivity contribution in [2.75, 3.05) is 7.05 Å². The highest BCUT2D eigenvalue weighted by Gasteiger charge is 2.04. The molecule has 0 atom stereocenters. The van der Waals surface area contributed by atoms with Crippen LogP contribution in [0.5, 0.6) is 5.75 Å². The van der Waals surface area contributed by atoms with Crippen LogP contribution in [0.4, 0.5) is 0 Å². The summed E-state index contributed by atoms with van der Waals surface area (Å²) in [5.74, 6) is 1.44. The van der Waals surface area contributed by atoms with Crippen LogP contribution in [0.1, 0.15) is 36.5 Å². The molecule has 2 rings (SSSR count). The maximum Gasteiger partial charge on any atom is 0.120 e. The van der Waals surface area contributed by atoms with Crippen LogP contribution in [0.25, 0.3) is 0 Å². The maximum absolute atomic E-state index is 5.92. The van der Waals surface area contributed by atoms with Gasteiger partial charge in [0.2, 0.25) is 0 Å². The zero-order valence-corrected chi connectivity index (χ0v) is 14.4. The summed E-state index contributed by atoms with van der Waals surface area (Å²) in [6.07, 6.45) is 0. The normalized spacial score (nSPS) is 10.9. The Morgan fingerprint density at radius 2 is 1.95 bits per heavy atom. The van der Waals surface area contributed by atoms with Crippen molar-refractivity contribution in [1.82, 2.24) is 5.32 Å². The molecule has 21 heavy (non-hydrogen) atoms. The second-order valence-electron chi connectivity index (χ2n) is 5.47. The number of hydrogen-bond acceptors (Lipinski definition) is 2. The smallest absolute Gasteiger partial charge is 0.120 e. The molecule has 0 aliphatic rings. The lowest BCUT2D eigenvalue weighted by Gasteiger charge is -2.11. The molecule has 0 saturated carbocycles. The molecule has 0 saturated heterocycles. The first-order valence-electron chi connectivity index (χ1n) is 7.25. The Hall–Kier alpha value is -1.32. The lowest BCUT2D eigenvalue weighted by molar-refractivity contribution is 0.305. The Kier molecular flexibility index (Phi) is 5.83. The first-order chi connectivity index (χ1) is 10.1. The van der Waals surface area contributed by atoms with E-state index in [0.717, 1.165) is 22.3 Å². The molecule has 0 aliphatic heterocycles. The van der Waals surface area contributed by atoms with Crippen LogP contribution in [0, 0.1) is 0 Å². The Balaban J connectivity index is 2.04. The van der Waals surface area contributed by atoms with E-state index >= 15 is 0 Å². The van der Waals surface area contributed by atoms with Crippen molar-refractivity contribution < 1.29 is 4.74 Å². The van der Waals surface area contributed by atoms with Gasteiger partial charge in [0, 0.05) is 16.6 Å². The highest BCUT2D eigenvalue weighted by atomic mass is 79.9. The van der Waals surface area contributed by atoms with Gasteiger partial charge in [0.15, 0.2) is 0 Å². The Morgan fingerprint density at radius 1 is 1.14 bits per heavy atom. The fourth-order valence-corrected chi connectivity index (χ4v) is 2.69. The van der Waals surface area contributed by atoms with E-state index in [4.69, 9.17) is 4.74 Å². The lowest BCUT2D eigenvalue weighted by atomic mass is 10.0. The number of halogens is 1. The summed E-state index contributed by atoms with van der Waals surface area (Å²) in [5, 5.41) is 3.15. The quantitative estimate of drug-likeness (QED) is 0.804. The molecule has 0 heterocycles. The van der Waals surface area contributed by atoms with Gasteiger partial charge in [0.1, 0.15) is 12.4 Å². The van der Waals surface area contributed by atoms with E-state index in [-0.39, 0.29) is 0 Å². The number of benzene rings is 2. The minimum atomic E-state index is 0.515. The van der Waals surface area contributed by atoms with Gasteiger partial charge < -0.3 is 10.1 Å². The highest BCUT2D eigenvalue weighted by molar-refractivity contribution is 9.10. The molecule has 0 radical (unpaired) electrons. The van der Waals surface area contributed by atoms with Crippen LogP contribution in [0.3, 0.4) is 0 Å². The third kappa shape index (κ3) is 4.58. The Morgan fingerprint density at radius 3 is 2.62 bits per heavy atom. The van der Waals surface area contributed by atoms with Gasteiger partial charge >= 0.3 is 0 Å².